The van der Waals surface area contributed by atoms with Crippen molar-refractivity contribution in [3.8, 4) is 6.07 Å². The second kappa shape index (κ2) is 7.24. The third kappa shape index (κ3) is 4.01. The Morgan fingerprint density at radius 2 is 1.81 bits per heavy atom. The lowest BCUT2D eigenvalue weighted by atomic mass is 9.85. The van der Waals surface area contributed by atoms with Crippen LogP contribution in [0, 0.1) is 17.2 Å². The zero-order valence-electron chi connectivity index (χ0n) is 15.8. The van der Waals surface area contributed by atoms with Crippen LogP contribution in [-0.2, 0) is 15.0 Å². The normalized spacial score (nSPS) is 16.9. The number of benzene rings is 2. The summed E-state index contributed by atoms with van der Waals surface area (Å²) >= 11 is 0. The smallest absolute Gasteiger partial charge is 0.229 e. The monoisotopic (exact) mass is 361 g/mol. The van der Waals surface area contributed by atoms with Crippen LogP contribution in [0.3, 0.4) is 0 Å². The summed E-state index contributed by atoms with van der Waals surface area (Å²) < 4.78 is 0. The van der Waals surface area contributed by atoms with Gasteiger partial charge in [-0.25, -0.2) is 0 Å². The fourth-order valence-corrected chi connectivity index (χ4v) is 3.33. The molecule has 2 aromatic carbocycles. The van der Waals surface area contributed by atoms with Crippen molar-refractivity contribution in [2.24, 2.45) is 5.92 Å². The van der Waals surface area contributed by atoms with E-state index < -0.39 is 5.92 Å². The number of carbonyl (C=O) groups excluding carboxylic acids is 2. The summed E-state index contributed by atoms with van der Waals surface area (Å²) in [5.74, 6) is -0.624. The number of amides is 2. The summed E-state index contributed by atoms with van der Waals surface area (Å²) in [4.78, 5) is 26.8. The van der Waals surface area contributed by atoms with Crippen LogP contribution in [0.15, 0.2) is 48.5 Å². The van der Waals surface area contributed by atoms with Gasteiger partial charge in [-0.15, -0.1) is 0 Å². The lowest BCUT2D eigenvalue weighted by Gasteiger charge is -2.23. The molecule has 1 unspecified atom stereocenters. The third-order valence-electron chi connectivity index (χ3n) is 4.80. The first-order valence-corrected chi connectivity index (χ1v) is 9.00. The molecule has 1 aliphatic heterocycles. The predicted molar refractivity (Wildman–Crippen MR) is 105 cm³/mol. The van der Waals surface area contributed by atoms with Gasteiger partial charge in [0, 0.05) is 24.3 Å². The number of nitrogens with zero attached hydrogens (tertiary/aromatic N) is 2. The van der Waals surface area contributed by atoms with E-state index in [0.717, 1.165) is 11.3 Å². The van der Waals surface area contributed by atoms with Crippen LogP contribution in [0.2, 0.25) is 0 Å². The fourth-order valence-electron chi connectivity index (χ4n) is 3.33. The standard InChI is InChI=1S/C22H23N3O2/c1-22(2,3)18-6-4-5-7-19(18)24-21(27)16-12-20(26)25(14-16)17-10-8-15(13-23)9-11-17/h4-11,16H,12,14H2,1-3H3,(H,24,27). The van der Waals surface area contributed by atoms with Gasteiger partial charge in [0.15, 0.2) is 0 Å². The highest BCUT2D eigenvalue weighted by atomic mass is 16.2. The van der Waals surface area contributed by atoms with E-state index in [9.17, 15) is 9.59 Å². The van der Waals surface area contributed by atoms with E-state index in [1.54, 1.807) is 29.2 Å². The summed E-state index contributed by atoms with van der Waals surface area (Å²) in [6.07, 6.45) is 0.184. The van der Waals surface area contributed by atoms with Gasteiger partial charge in [0.25, 0.3) is 0 Å². The minimum Gasteiger partial charge on any atom is -0.326 e. The molecule has 1 fully saturated rings. The predicted octanol–water partition coefficient (Wildman–Crippen LogP) is 3.85. The molecular formula is C22H23N3O2. The largest absolute Gasteiger partial charge is 0.326 e. The molecule has 0 radical (unpaired) electrons. The Morgan fingerprint density at radius 1 is 1.15 bits per heavy atom. The quantitative estimate of drug-likeness (QED) is 0.902. The molecule has 5 heteroatoms. The van der Waals surface area contributed by atoms with E-state index in [1.807, 2.05) is 24.3 Å². The number of nitriles is 1. The molecule has 138 valence electrons. The van der Waals surface area contributed by atoms with E-state index in [2.05, 4.69) is 32.2 Å². The summed E-state index contributed by atoms with van der Waals surface area (Å²) in [6.45, 7) is 6.64. The molecule has 1 N–H and O–H groups in total. The SMILES string of the molecule is CC(C)(C)c1ccccc1NC(=O)C1CC(=O)N(c2ccc(C#N)cc2)C1. The molecule has 27 heavy (non-hydrogen) atoms. The molecule has 0 spiro atoms. The maximum absolute atomic E-state index is 12.8. The Bertz CT molecular complexity index is 904. The lowest BCUT2D eigenvalue weighted by molar-refractivity contribution is -0.122. The van der Waals surface area contributed by atoms with Crippen LogP contribution in [0.25, 0.3) is 0 Å². The zero-order chi connectivity index (χ0) is 19.6. The van der Waals surface area contributed by atoms with Crippen LogP contribution >= 0.6 is 0 Å². The number of para-hydroxylation sites is 1. The van der Waals surface area contributed by atoms with Gasteiger partial charge in [0.2, 0.25) is 11.8 Å². The molecule has 1 heterocycles. The van der Waals surface area contributed by atoms with E-state index >= 15 is 0 Å². The maximum Gasteiger partial charge on any atom is 0.229 e. The van der Waals surface area contributed by atoms with Crippen molar-refractivity contribution in [2.75, 3.05) is 16.8 Å². The second-order valence-electron chi connectivity index (χ2n) is 7.85. The first kappa shape index (κ1) is 18.7. The lowest BCUT2D eigenvalue weighted by Crippen LogP contribution is -2.28. The Labute approximate surface area is 159 Å². The highest BCUT2D eigenvalue weighted by Gasteiger charge is 2.35. The van der Waals surface area contributed by atoms with Crippen LogP contribution in [0.4, 0.5) is 11.4 Å². The van der Waals surface area contributed by atoms with E-state index in [4.69, 9.17) is 5.26 Å². The van der Waals surface area contributed by atoms with Gasteiger partial charge >= 0.3 is 0 Å². The number of hydrogen-bond donors (Lipinski definition) is 1. The van der Waals surface area contributed by atoms with Crippen LogP contribution in [-0.4, -0.2) is 18.4 Å². The highest BCUT2D eigenvalue weighted by Crippen LogP contribution is 2.31. The van der Waals surface area contributed by atoms with Gasteiger partial charge in [-0.2, -0.15) is 5.26 Å². The molecular weight excluding hydrogens is 338 g/mol. The van der Waals surface area contributed by atoms with Gasteiger partial charge in [0.1, 0.15) is 0 Å². The molecule has 0 saturated carbocycles. The number of nitrogens with one attached hydrogen (secondary N) is 1. The van der Waals surface area contributed by atoms with Crippen molar-refractivity contribution in [3.05, 3.63) is 59.7 Å². The Morgan fingerprint density at radius 3 is 2.44 bits per heavy atom. The zero-order valence-corrected chi connectivity index (χ0v) is 15.8. The molecule has 2 aromatic rings. The van der Waals surface area contributed by atoms with Crippen molar-refractivity contribution in [3.63, 3.8) is 0 Å². The molecule has 5 nitrogen and oxygen atoms in total. The van der Waals surface area contributed by atoms with E-state index in [1.165, 1.54) is 0 Å². The fraction of sp³-hybridized carbons (Fsp3) is 0.318. The minimum atomic E-state index is -0.402. The number of rotatable bonds is 3. The molecule has 1 saturated heterocycles. The average Bonchev–Trinajstić information content (AvgIpc) is 3.03. The minimum absolute atomic E-state index is 0.0797. The van der Waals surface area contributed by atoms with Crippen LogP contribution in [0.5, 0.6) is 0 Å². The number of hydrogen-bond acceptors (Lipinski definition) is 3. The van der Waals surface area contributed by atoms with Gasteiger partial charge in [-0.1, -0.05) is 39.0 Å². The molecule has 3 rings (SSSR count). The molecule has 1 atom stereocenters. The van der Waals surface area contributed by atoms with Gasteiger partial charge < -0.3 is 10.2 Å². The van der Waals surface area contributed by atoms with Crippen LogP contribution in [0.1, 0.15) is 38.3 Å². The van der Waals surface area contributed by atoms with Crippen LogP contribution < -0.4 is 10.2 Å². The average molecular weight is 361 g/mol. The summed E-state index contributed by atoms with van der Waals surface area (Å²) in [7, 11) is 0. The topological polar surface area (TPSA) is 73.2 Å². The van der Waals surface area contributed by atoms with Gasteiger partial charge in [0.05, 0.1) is 17.6 Å². The summed E-state index contributed by atoms with van der Waals surface area (Å²) in [6, 6.07) is 16.7. The van der Waals surface area contributed by atoms with E-state index in [0.29, 0.717) is 17.8 Å². The van der Waals surface area contributed by atoms with Crippen molar-refractivity contribution >= 4 is 23.2 Å². The Hall–Kier alpha value is -3.13. The molecule has 2 amide bonds. The Balaban J connectivity index is 1.74. The number of anilines is 2. The summed E-state index contributed by atoms with van der Waals surface area (Å²) in [5, 5.41) is 11.9. The number of carbonyl (C=O) groups is 2. The third-order valence-corrected chi connectivity index (χ3v) is 4.80. The maximum atomic E-state index is 12.8. The van der Waals surface area contributed by atoms with Gasteiger partial charge in [-0.3, -0.25) is 9.59 Å². The Kier molecular flexibility index (Phi) is 5.00. The highest BCUT2D eigenvalue weighted by molar-refractivity contribution is 6.03. The first-order chi connectivity index (χ1) is 12.8. The van der Waals surface area contributed by atoms with Crippen molar-refractivity contribution in [2.45, 2.75) is 32.6 Å². The molecule has 0 aliphatic carbocycles. The second-order valence-corrected chi connectivity index (χ2v) is 7.85. The molecule has 0 bridgehead atoms. The van der Waals surface area contributed by atoms with Crippen molar-refractivity contribution in [1.29, 1.82) is 5.26 Å². The van der Waals surface area contributed by atoms with Crippen molar-refractivity contribution < 1.29 is 9.59 Å². The van der Waals surface area contributed by atoms with Gasteiger partial charge in [-0.05, 0) is 41.3 Å². The molecule has 1 aliphatic rings. The van der Waals surface area contributed by atoms with Crippen molar-refractivity contribution in [1.82, 2.24) is 0 Å². The summed E-state index contributed by atoms with van der Waals surface area (Å²) in [5.41, 5.74) is 3.01. The van der Waals surface area contributed by atoms with E-state index in [-0.39, 0.29) is 23.7 Å². The molecule has 0 aromatic heterocycles. The first-order valence-electron chi connectivity index (χ1n) is 9.00.